The molecule has 246 valence electrons. The molecule has 1 N–H and O–H groups in total. The Hall–Kier alpha value is -0.980. The molecule has 0 amide bonds. The molecule has 0 fully saturated rings. The van der Waals surface area contributed by atoms with Crippen LogP contribution in [0.15, 0.2) is 30.3 Å². The third kappa shape index (κ3) is 26.6. The first-order valence-electron chi connectivity index (χ1n) is 19.6. The van der Waals surface area contributed by atoms with Crippen molar-refractivity contribution in [3.8, 4) is 0 Å². The molecule has 1 aromatic carbocycles. The zero-order valence-electron chi connectivity index (χ0n) is 29.3. The molecule has 0 spiro atoms. The van der Waals surface area contributed by atoms with Crippen LogP contribution in [0.5, 0.6) is 0 Å². The van der Waals surface area contributed by atoms with Crippen molar-refractivity contribution in [1.29, 1.82) is 0 Å². The predicted octanol–water partition coefficient (Wildman–Crippen LogP) is 14.8. The number of anilines is 1. The molecule has 1 aromatic rings. The summed E-state index contributed by atoms with van der Waals surface area (Å²) in [5, 5.41) is 3.73. The van der Waals surface area contributed by atoms with Gasteiger partial charge in [0.1, 0.15) is 0 Å². The van der Waals surface area contributed by atoms with Gasteiger partial charge in [-0.3, -0.25) is 0 Å². The number of rotatable bonds is 33. The lowest BCUT2D eigenvalue weighted by Gasteiger charge is -2.21. The van der Waals surface area contributed by atoms with Crippen molar-refractivity contribution >= 4 is 5.69 Å². The van der Waals surface area contributed by atoms with Gasteiger partial charge in [0.15, 0.2) is 0 Å². The van der Waals surface area contributed by atoms with Crippen LogP contribution >= 0.6 is 0 Å². The van der Waals surface area contributed by atoms with Crippen molar-refractivity contribution in [1.82, 2.24) is 0 Å². The van der Waals surface area contributed by atoms with E-state index in [1.165, 1.54) is 198 Å². The second kappa shape index (κ2) is 31.4. The van der Waals surface area contributed by atoms with E-state index < -0.39 is 0 Å². The number of nitrogens with one attached hydrogen (secondary N) is 1. The molecule has 2 atom stereocenters. The van der Waals surface area contributed by atoms with Crippen LogP contribution in [0.4, 0.5) is 5.69 Å². The summed E-state index contributed by atoms with van der Waals surface area (Å²) >= 11 is 0. The van der Waals surface area contributed by atoms with Gasteiger partial charge >= 0.3 is 0 Å². The van der Waals surface area contributed by atoms with Crippen LogP contribution in [0.25, 0.3) is 0 Å². The lowest BCUT2D eigenvalue weighted by molar-refractivity contribution is 0.365. The van der Waals surface area contributed by atoms with Crippen LogP contribution in [-0.2, 0) is 0 Å². The maximum Gasteiger partial charge on any atom is 0.0342 e. The average Bonchev–Trinajstić information content (AvgIpc) is 3.00. The van der Waals surface area contributed by atoms with Crippen LogP contribution in [0, 0.1) is 5.92 Å². The summed E-state index contributed by atoms with van der Waals surface area (Å²) in [5.74, 6) is 0.936. The van der Waals surface area contributed by atoms with Gasteiger partial charge in [-0.25, -0.2) is 0 Å². The van der Waals surface area contributed by atoms with Crippen molar-refractivity contribution in [2.45, 2.75) is 219 Å². The standard InChI is InChI=1S/C41H77N/c1-4-6-8-10-12-14-16-18-19-21-23-25-27-30-34-40(38-37-39(3)42-41-35-31-28-32-36-41)33-29-26-24-22-20-17-15-13-11-9-7-5-2/h28,31-32,35-36,39-40,42H,4-27,29-30,33-34,37-38H2,1-3H3. The molecule has 0 aliphatic carbocycles. The van der Waals surface area contributed by atoms with Crippen molar-refractivity contribution in [3.63, 3.8) is 0 Å². The Labute approximate surface area is 266 Å². The molecule has 0 saturated carbocycles. The third-order valence-corrected chi connectivity index (χ3v) is 9.63. The minimum absolute atomic E-state index is 0.563. The van der Waals surface area contributed by atoms with Crippen LogP contribution in [-0.4, -0.2) is 6.04 Å². The van der Waals surface area contributed by atoms with Gasteiger partial charge in [0.25, 0.3) is 0 Å². The number of benzene rings is 1. The Kier molecular flexibility index (Phi) is 29.2. The molecule has 0 heterocycles. The fraction of sp³-hybridized carbons (Fsp3) is 0.854. The van der Waals surface area contributed by atoms with E-state index in [1.807, 2.05) is 0 Å². The fourth-order valence-corrected chi connectivity index (χ4v) is 6.71. The summed E-state index contributed by atoms with van der Waals surface area (Å²) in [4.78, 5) is 0. The Morgan fingerprint density at radius 1 is 0.405 bits per heavy atom. The minimum atomic E-state index is 0.563. The smallest absolute Gasteiger partial charge is 0.0342 e. The Bertz CT molecular complexity index is 625. The SMILES string of the molecule is CCCCCCCCCCCCCCCCC(CCCCCCCCCCCCCC)CCC(C)Nc1ccccc1. The van der Waals surface area contributed by atoms with Gasteiger partial charge in [0.05, 0.1) is 0 Å². The number of unbranched alkanes of at least 4 members (excludes halogenated alkanes) is 24. The predicted molar refractivity (Wildman–Crippen MR) is 193 cm³/mol. The number of para-hydroxylation sites is 1. The zero-order valence-corrected chi connectivity index (χ0v) is 29.3. The molecule has 1 rings (SSSR count). The molecule has 42 heavy (non-hydrogen) atoms. The molecule has 0 bridgehead atoms. The van der Waals surface area contributed by atoms with Gasteiger partial charge < -0.3 is 5.32 Å². The maximum atomic E-state index is 3.73. The van der Waals surface area contributed by atoms with E-state index in [9.17, 15) is 0 Å². The molecule has 0 aromatic heterocycles. The molecule has 1 nitrogen and oxygen atoms in total. The van der Waals surface area contributed by atoms with Crippen molar-refractivity contribution in [3.05, 3.63) is 30.3 Å². The third-order valence-electron chi connectivity index (χ3n) is 9.63. The van der Waals surface area contributed by atoms with Crippen LogP contribution in [0.1, 0.15) is 213 Å². The quantitative estimate of drug-likeness (QED) is 0.0811. The number of hydrogen-bond donors (Lipinski definition) is 1. The zero-order chi connectivity index (χ0) is 30.2. The summed E-state index contributed by atoms with van der Waals surface area (Å²) in [5.41, 5.74) is 1.27. The first-order chi connectivity index (χ1) is 20.8. The van der Waals surface area contributed by atoms with Crippen LogP contribution < -0.4 is 5.32 Å². The van der Waals surface area contributed by atoms with E-state index >= 15 is 0 Å². The van der Waals surface area contributed by atoms with Crippen LogP contribution in [0.2, 0.25) is 0 Å². The normalized spacial score (nSPS) is 12.9. The number of hydrogen-bond acceptors (Lipinski definition) is 1. The Morgan fingerprint density at radius 2 is 0.738 bits per heavy atom. The van der Waals surface area contributed by atoms with Crippen molar-refractivity contribution in [2.24, 2.45) is 5.92 Å². The second-order valence-corrected chi connectivity index (χ2v) is 13.9. The first-order valence-corrected chi connectivity index (χ1v) is 19.6. The fourth-order valence-electron chi connectivity index (χ4n) is 6.71. The highest BCUT2D eigenvalue weighted by atomic mass is 14.9. The van der Waals surface area contributed by atoms with E-state index in [0.717, 1.165) is 5.92 Å². The van der Waals surface area contributed by atoms with E-state index in [1.54, 1.807) is 0 Å². The highest BCUT2D eigenvalue weighted by Gasteiger charge is 2.11. The minimum Gasteiger partial charge on any atom is -0.383 e. The summed E-state index contributed by atoms with van der Waals surface area (Å²) in [6.45, 7) is 7.00. The second-order valence-electron chi connectivity index (χ2n) is 13.9. The molecule has 0 saturated heterocycles. The van der Waals surface area contributed by atoms with E-state index in [2.05, 4.69) is 56.4 Å². The summed E-state index contributed by atoms with van der Waals surface area (Å²) in [7, 11) is 0. The van der Waals surface area contributed by atoms with E-state index in [-0.39, 0.29) is 0 Å². The van der Waals surface area contributed by atoms with Crippen molar-refractivity contribution in [2.75, 3.05) is 5.32 Å². The van der Waals surface area contributed by atoms with Crippen LogP contribution in [0.3, 0.4) is 0 Å². The highest BCUT2D eigenvalue weighted by molar-refractivity contribution is 5.43. The van der Waals surface area contributed by atoms with E-state index in [0.29, 0.717) is 6.04 Å². The summed E-state index contributed by atoms with van der Waals surface area (Å²) < 4.78 is 0. The first kappa shape index (κ1) is 39.0. The lowest BCUT2D eigenvalue weighted by atomic mass is 9.89. The molecule has 0 aliphatic rings. The largest absolute Gasteiger partial charge is 0.383 e. The topological polar surface area (TPSA) is 12.0 Å². The summed E-state index contributed by atoms with van der Waals surface area (Å²) in [6, 6.07) is 11.4. The maximum absolute atomic E-state index is 3.73. The van der Waals surface area contributed by atoms with Gasteiger partial charge in [-0.15, -0.1) is 0 Å². The molecular formula is C41H77N. The van der Waals surface area contributed by atoms with Gasteiger partial charge in [0, 0.05) is 11.7 Å². The van der Waals surface area contributed by atoms with Crippen molar-refractivity contribution < 1.29 is 0 Å². The molecule has 2 unspecified atom stereocenters. The average molecular weight is 584 g/mol. The molecule has 1 heteroatoms. The highest BCUT2D eigenvalue weighted by Crippen LogP contribution is 2.25. The molecule has 0 radical (unpaired) electrons. The van der Waals surface area contributed by atoms with Gasteiger partial charge in [-0.2, -0.15) is 0 Å². The van der Waals surface area contributed by atoms with E-state index in [4.69, 9.17) is 0 Å². The Balaban J connectivity index is 2.14. The monoisotopic (exact) mass is 584 g/mol. The van der Waals surface area contributed by atoms with Gasteiger partial charge in [0.2, 0.25) is 0 Å². The lowest BCUT2D eigenvalue weighted by Crippen LogP contribution is -2.16. The molecular weight excluding hydrogens is 506 g/mol. The van der Waals surface area contributed by atoms with Gasteiger partial charge in [-0.05, 0) is 37.8 Å². The molecule has 0 aliphatic heterocycles. The summed E-state index contributed by atoms with van der Waals surface area (Å²) in [6.07, 6.45) is 43.5. The van der Waals surface area contributed by atoms with Gasteiger partial charge in [-0.1, -0.05) is 212 Å². The Morgan fingerprint density at radius 3 is 1.10 bits per heavy atom.